The SMILES string of the molecule is CCN1C(=CC=C(C)C=Cc2cc[n+](CC)c3ccccc23)Sc2cc(C)c(C)cc21.[I-]. The molecular formula is C28H31IN2S. The molecule has 2 heterocycles. The number of aryl methyl sites for hydroxylation is 3. The summed E-state index contributed by atoms with van der Waals surface area (Å²) in [5.41, 5.74) is 7.82. The van der Waals surface area contributed by atoms with Gasteiger partial charge in [-0.3, -0.25) is 0 Å². The Balaban J connectivity index is 0.00000289. The molecule has 0 spiro atoms. The number of thioether (sulfide) groups is 1. The van der Waals surface area contributed by atoms with E-state index in [2.05, 4.69) is 117 Å². The molecule has 0 N–H and O–H groups in total. The molecule has 0 saturated carbocycles. The fourth-order valence-corrected chi connectivity index (χ4v) is 5.22. The van der Waals surface area contributed by atoms with Crippen molar-refractivity contribution in [1.82, 2.24) is 0 Å². The summed E-state index contributed by atoms with van der Waals surface area (Å²) in [7, 11) is 0. The molecule has 0 bridgehead atoms. The summed E-state index contributed by atoms with van der Waals surface area (Å²) in [5, 5.41) is 2.59. The fraction of sp³-hybridized carbons (Fsp3) is 0.250. The highest BCUT2D eigenvalue weighted by atomic mass is 127. The Morgan fingerprint density at radius 2 is 1.81 bits per heavy atom. The van der Waals surface area contributed by atoms with E-state index >= 15 is 0 Å². The summed E-state index contributed by atoms with van der Waals surface area (Å²) in [5.74, 6) is 0. The Hall–Kier alpha value is -2.05. The van der Waals surface area contributed by atoms with E-state index in [4.69, 9.17) is 0 Å². The van der Waals surface area contributed by atoms with Crippen LogP contribution in [0, 0.1) is 13.8 Å². The number of benzene rings is 2. The third kappa shape index (κ3) is 4.96. The molecule has 3 aromatic rings. The zero-order chi connectivity index (χ0) is 22.0. The molecule has 166 valence electrons. The third-order valence-electron chi connectivity index (χ3n) is 5.98. The minimum atomic E-state index is 0. The van der Waals surface area contributed by atoms with E-state index in [-0.39, 0.29) is 24.0 Å². The van der Waals surface area contributed by atoms with Crippen LogP contribution >= 0.6 is 11.8 Å². The van der Waals surface area contributed by atoms with E-state index < -0.39 is 0 Å². The van der Waals surface area contributed by atoms with Gasteiger partial charge in [-0.1, -0.05) is 47.7 Å². The maximum atomic E-state index is 2.41. The van der Waals surface area contributed by atoms with Crippen LogP contribution in [0.5, 0.6) is 0 Å². The standard InChI is InChI=1S/C28H31N2S.HI/c1-6-29-17-16-23(24-10-8-9-11-25(24)29)14-12-20(3)13-15-28-30(7-2)26-18-21(4)22(5)19-27(26)31-28;/h8-19H,6-7H2,1-5H3;1H/q+1;/p-1. The van der Waals surface area contributed by atoms with E-state index in [1.54, 1.807) is 0 Å². The van der Waals surface area contributed by atoms with Gasteiger partial charge in [0.05, 0.1) is 16.1 Å². The van der Waals surface area contributed by atoms with Gasteiger partial charge in [-0.05, 0) is 75.6 Å². The van der Waals surface area contributed by atoms with Gasteiger partial charge in [0.15, 0.2) is 6.20 Å². The van der Waals surface area contributed by atoms with Gasteiger partial charge in [0.1, 0.15) is 6.54 Å². The highest BCUT2D eigenvalue weighted by molar-refractivity contribution is 8.03. The van der Waals surface area contributed by atoms with Crippen LogP contribution in [0.25, 0.3) is 17.0 Å². The van der Waals surface area contributed by atoms with Crippen molar-refractivity contribution in [2.24, 2.45) is 0 Å². The lowest BCUT2D eigenvalue weighted by atomic mass is 10.1. The van der Waals surface area contributed by atoms with Gasteiger partial charge < -0.3 is 28.9 Å². The number of aromatic nitrogens is 1. The van der Waals surface area contributed by atoms with E-state index in [1.165, 1.54) is 48.8 Å². The minimum Gasteiger partial charge on any atom is -1.00 e. The van der Waals surface area contributed by atoms with E-state index in [0.717, 1.165) is 13.1 Å². The molecule has 0 fully saturated rings. The highest BCUT2D eigenvalue weighted by Crippen LogP contribution is 2.46. The van der Waals surface area contributed by atoms with Crippen LogP contribution in [-0.4, -0.2) is 6.54 Å². The summed E-state index contributed by atoms with van der Waals surface area (Å²) in [6.07, 6.45) is 11.1. The van der Waals surface area contributed by atoms with Crippen LogP contribution in [-0.2, 0) is 6.54 Å². The van der Waals surface area contributed by atoms with E-state index in [0.29, 0.717) is 0 Å². The smallest absolute Gasteiger partial charge is 0.213 e. The van der Waals surface area contributed by atoms with Gasteiger partial charge >= 0.3 is 0 Å². The van der Waals surface area contributed by atoms with Crippen molar-refractivity contribution < 1.29 is 28.5 Å². The van der Waals surface area contributed by atoms with Crippen molar-refractivity contribution in [3.05, 3.63) is 94.2 Å². The average molecular weight is 555 g/mol. The molecule has 0 radical (unpaired) electrons. The van der Waals surface area contributed by atoms with E-state index in [1.807, 2.05) is 11.8 Å². The first-order valence-corrected chi connectivity index (χ1v) is 11.9. The molecule has 32 heavy (non-hydrogen) atoms. The van der Waals surface area contributed by atoms with Crippen LogP contribution in [0.15, 0.2) is 82.4 Å². The molecule has 0 aliphatic carbocycles. The number of fused-ring (bicyclic) bond motifs is 2. The Kier molecular flexibility index (Phi) is 8.23. The molecule has 4 rings (SSSR count). The molecule has 0 unspecified atom stereocenters. The van der Waals surface area contributed by atoms with Gasteiger partial charge in [-0.2, -0.15) is 4.57 Å². The molecule has 4 heteroatoms. The number of anilines is 1. The van der Waals surface area contributed by atoms with Crippen molar-refractivity contribution in [1.29, 1.82) is 0 Å². The maximum absolute atomic E-state index is 2.41. The first kappa shape index (κ1) is 24.6. The second kappa shape index (κ2) is 10.7. The summed E-state index contributed by atoms with van der Waals surface area (Å²) >= 11 is 1.87. The van der Waals surface area contributed by atoms with Crippen LogP contribution in [0.1, 0.15) is 37.5 Å². The van der Waals surface area contributed by atoms with Crippen molar-refractivity contribution in [2.75, 3.05) is 11.4 Å². The number of nitrogens with zero attached hydrogens (tertiary/aromatic N) is 2. The number of allylic oxidation sites excluding steroid dienone is 4. The summed E-state index contributed by atoms with van der Waals surface area (Å²) < 4.78 is 2.29. The average Bonchev–Trinajstić information content (AvgIpc) is 3.12. The van der Waals surface area contributed by atoms with Crippen LogP contribution in [0.2, 0.25) is 0 Å². The first-order valence-electron chi connectivity index (χ1n) is 11.1. The molecular weight excluding hydrogens is 523 g/mol. The van der Waals surface area contributed by atoms with Gasteiger partial charge in [0.25, 0.3) is 0 Å². The lowest BCUT2D eigenvalue weighted by Gasteiger charge is -2.18. The third-order valence-corrected chi connectivity index (χ3v) is 7.09. The topological polar surface area (TPSA) is 7.12 Å². The number of hydrogen-bond acceptors (Lipinski definition) is 2. The highest BCUT2D eigenvalue weighted by Gasteiger charge is 2.24. The zero-order valence-electron chi connectivity index (χ0n) is 19.5. The molecule has 0 atom stereocenters. The molecule has 1 aromatic heterocycles. The molecule has 0 amide bonds. The normalized spacial score (nSPS) is 15.0. The van der Waals surface area contributed by atoms with Gasteiger partial charge in [0.2, 0.25) is 5.52 Å². The molecule has 1 aliphatic rings. The van der Waals surface area contributed by atoms with Crippen molar-refractivity contribution in [3.8, 4) is 0 Å². The molecule has 2 aromatic carbocycles. The summed E-state index contributed by atoms with van der Waals surface area (Å²) in [6, 6.07) is 15.5. The Bertz CT molecular complexity index is 1220. The van der Waals surface area contributed by atoms with Gasteiger partial charge in [0, 0.05) is 23.6 Å². The van der Waals surface area contributed by atoms with Gasteiger partial charge in [-0.25, -0.2) is 0 Å². The van der Waals surface area contributed by atoms with E-state index in [9.17, 15) is 0 Å². The van der Waals surface area contributed by atoms with Crippen molar-refractivity contribution in [3.63, 3.8) is 0 Å². The lowest BCUT2D eigenvalue weighted by Crippen LogP contribution is -3.00. The second-order valence-corrected chi connectivity index (χ2v) is 9.14. The Labute approximate surface area is 213 Å². The number of rotatable bonds is 5. The predicted molar refractivity (Wildman–Crippen MR) is 135 cm³/mol. The van der Waals surface area contributed by atoms with Crippen LogP contribution < -0.4 is 33.4 Å². The van der Waals surface area contributed by atoms with Crippen molar-refractivity contribution in [2.45, 2.75) is 46.1 Å². The second-order valence-electron chi connectivity index (χ2n) is 8.07. The number of hydrogen-bond donors (Lipinski definition) is 0. The first-order chi connectivity index (χ1) is 15.0. The molecule has 2 nitrogen and oxygen atoms in total. The summed E-state index contributed by atoms with van der Waals surface area (Å²) in [4.78, 5) is 3.77. The lowest BCUT2D eigenvalue weighted by molar-refractivity contribution is -0.667. The number of pyridine rings is 1. The minimum absolute atomic E-state index is 0. The number of halogens is 1. The fourth-order valence-electron chi connectivity index (χ4n) is 4.01. The maximum Gasteiger partial charge on any atom is 0.213 e. The largest absolute Gasteiger partial charge is 1.00 e. The van der Waals surface area contributed by atoms with Crippen LogP contribution in [0.3, 0.4) is 0 Å². The molecule has 1 aliphatic heterocycles. The van der Waals surface area contributed by atoms with Crippen molar-refractivity contribution >= 4 is 34.4 Å². The Morgan fingerprint density at radius 1 is 1.06 bits per heavy atom. The quantitative estimate of drug-likeness (QED) is 0.265. The van der Waals surface area contributed by atoms with Gasteiger partial charge in [-0.15, -0.1) is 0 Å². The molecule has 0 saturated heterocycles. The zero-order valence-corrected chi connectivity index (χ0v) is 22.5. The Morgan fingerprint density at radius 3 is 2.56 bits per heavy atom. The number of para-hydroxylation sites is 1. The predicted octanol–water partition coefficient (Wildman–Crippen LogP) is 4.20. The van der Waals surface area contributed by atoms with Crippen LogP contribution in [0.4, 0.5) is 5.69 Å². The summed E-state index contributed by atoms with van der Waals surface area (Å²) in [6.45, 7) is 12.9. The monoisotopic (exact) mass is 554 g/mol.